The van der Waals surface area contributed by atoms with Crippen LogP contribution in [0.2, 0.25) is 5.02 Å². The number of benzene rings is 2. The molecule has 136 valence electrons. The Morgan fingerprint density at radius 3 is 2.73 bits per heavy atom. The van der Waals surface area contributed by atoms with Crippen molar-refractivity contribution in [3.8, 4) is 17.2 Å². The average molecular weight is 394 g/mol. The maximum atomic E-state index is 12.3. The van der Waals surface area contributed by atoms with Crippen molar-refractivity contribution >= 4 is 21.6 Å². The van der Waals surface area contributed by atoms with Crippen molar-refractivity contribution in [1.82, 2.24) is 14.9 Å². The number of sulfonamides is 1. The minimum Gasteiger partial charge on any atom is -0.497 e. The number of nitrogens with one attached hydrogen (secondary N) is 1. The maximum Gasteiger partial charge on any atom is 0.247 e. The quantitative estimate of drug-likeness (QED) is 0.663. The van der Waals surface area contributed by atoms with Crippen LogP contribution in [-0.2, 0) is 16.4 Å². The van der Waals surface area contributed by atoms with Crippen molar-refractivity contribution in [2.45, 2.75) is 11.3 Å². The lowest BCUT2D eigenvalue weighted by molar-refractivity contribution is 0.414. The average Bonchev–Trinajstić information content (AvgIpc) is 3.11. The van der Waals surface area contributed by atoms with E-state index in [1.54, 1.807) is 25.3 Å². The number of halogens is 1. The summed E-state index contributed by atoms with van der Waals surface area (Å²) in [7, 11) is -2.13. The van der Waals surface area contributed by atoms with Gasteiger partial charge < -0.3 is 9.15 Å². The van der Waals surface area contributed by atoms with Gasteiger partial charge in [-0.15, -0.1) is 10.2 Å². The summed E-state index contributed by atoms with van der Waals surface area (Å²) >= 11 is 5.93. The lowest BCUT2D eigenvalue weighted by Crippen LogP contribution is -2.26. The van der Waals surface area contributed by atoms with Gasteiger partial charge in [0.05, 0.1) is 12.1 Å². The van der Waals surface area contributed by atoms with E-state index in [9.17, 15) is 8.42 Å². The van der Waals surface area contributed by atoms with E-state index in [1.807, 2.05) is 18.2 Å². The molecule has 3 rings (SSSR count). The minimum atomic E-state index is -3.70. The van der Waals surface area contributed by atoms with Gasteiger partial charge in [-0.1, -0.05) is 29.8 Å². The fraction of sp³-hybridized carbons (Fsp3) is 0.176. The third-order valence-corrected chi connectivity index (χ3v) is 5.50. The van der Waals surface area contributed by atoms with Crippen LogP contribution >= 0.6 is 11.6 Å². The van der Waals surface area contributed by atoms with Gasteiger partial charge in [-0.3, -0.25) is 0 Å². The van der Waals surface area contributed by atoms with Gasteiger partial charge in [0.2, 0.25) is 21.8 Å². The summed E-state index contributed by atoms with van der Waals surface area (Å²) in [4.78, 5) is 0.0317. The Bertz CT molecular complexity index is 1000. The molecule has 7 nitrogen and oxygen atoms in total. The summed E-state index contributed by atoms with van der Waals surface area (Å²) in [6.07, 6.45) is 0.251. The van der Waals surface area contributed by atoms with Crippen molar-refractivity contribution in [2.75, 3.05) is 13.7 Å². The molecule has 0 saturated heterocycles. The van der Waals surface area contributed by atoms with Gasteiger partial charge in [0.15, 0.2) is 0 Å². The van der Waals surface area contributed by atoms with Crippen molar-refractivity contribution in [1.29, 1.82) is 0 Å². The van der Waals surface area contributed by atoms with E-state index in [1.165, 1.54) is 12.1 Å². The molecule has 0 aliphatic carbocycles. The van der Waals surface area contributed by atoms with E-state index in [0.29, 0.717) is 17.5 Å². The molecule has 1 aromatic heterocycles. The molecule has 0 fully saturated rings. The monoisotopic (exact) mass is 393 g/mol. The highest BCUT2D eigenvalue weighted by molar-refractivity contribution is 7.89. The smallest absolute Gasteiger partial charge is 0.247 e. The number of aromatic nitrogens is 2. The van der Waals surface area contributed by atoms with Crippen LogP contribution in [0.3, 0.4) is 0 Å². The lowest BCUT2D eigenvalue weighted by atomic mass is 10.2. The van der Waals surface area contributed by atoms with Crippen molar-refractivity contribution in [3.63, 3.8) is 0 Å². The largest absolute Gasteiger partial charge is 0.497 e. The van der Waals surface area contributed by atoms with Gasteiger partial charge in [-0.25, -0.2) is 13.1 Å². The van der Waals surface area contributed by atoms with Crippen molar-refractivity contribution in [2.24, 2.45) is 0 Å². The van der Waals surface area contributed by atoms with Crippen LogP contribution in [0.25, 0.3) is 11.5 Å². The third kappa shape index (κ3) is 4.21. The summed E-state index contributed by atoms with van der Waals surface area (Å²) in [5.74, 6) is 1.34. The van der Waals surface area contributed by atoms with Crippen molar-refractivity contribution in [3.05, 3.63) is 59.4 Å². The molecule has 0 amide bonds. The fourth-order valence-electron chi connectivity index (χ4n) is 2.26. The van der Waals surface area contributed by atoms with E-state index >= 15 is 0 Å². The zero-order valence-electron chi connectivity index (χ0n) is 13.8. The Kier molecular flexibility index (Phi) is 5.55. The lowest BCUT2D eigenvalue weighted by Gasteiger charge is -2.06. The molecule has 9 heteroatoms. The van der Waals surface area contributed by atoms with Crippen LogP contribution in [0.1, 0.15) is 5.89 Å². The number of rotatable bonds is 7. The second kappa shape index (κ2) is 7.86. The second-order valence-corrected chi connectivity index (χ2v) is 7.45. The van der Waals surface area contributed by atoms with Gasteiger partial charge in [0.25, 0.3) is 0 Å². The number of methoxy groups -OCH3 is 1. The molecule has 0 bridgehead atoms. The molecule has 0 aliphatic rings. The first kappa shape index (κ1) is 18.4. The molecular weight excluding hydrogens is 378 g/mol. The van der Waals surface area contributed by atoms with Crippen molar-refractivity contribution < 1.29 is 17.6 Å². The standard InChI is InChI=1S/C17H16ClN3O4S/c1-24-13-6-4-5-12(11-13)17-21-20-16(25-17)9-10-19-26(22,23)15-8-3-2-7-14(15)18/h2-8,11,19H,9-10H2,1H3. The van der Waals surface area contributed by atoms with Gasteiger partial charge in [-0.2, -0.15) is 0 Å². The molecule has 2 aromatic carbocycles. The van der Waals surface area contributed by atoms with Crippen LogP contribution in [0.4, 0.5) is 0 Å². The highest BCUT2D eigenvalue weighted by Gasteiger charge is 2.17. The molecule has 0 unspecified atom stereocenters. The van der Waals surface area contributed by atoms with Gasteiger partial charge in [-0.05, 0) is 30.3 Å². The first-order chi connectivity index (χ1) is 12.5. The van der Waals surface area contributed by atoms with E-state index < -0.39 is 10.0 Å². The fourth-order valence-corrected chi connectivity index (χ4v) is 3.81. The van der Waals surface area contributed by atoms with E-state index in [0.717, 1.165) is 5.56 Å². The van der Waals surface area contributed by atoms with Gasteiger partial charge >= 0.3 is 0 Å². The zero-order valence-corrected chi connectivity index (χ0v) is 15.4. The molecule has 0 spiro atoms. The molecule has 3 aromatic rings. The number of nitrogens with zero attached hydrogens (tertiary/aromatic N) is 2. The summed E-state index contributed by atoms with van der Waals surface area (Å²) in [6, 6.07) is 13.5. The first-order valence-electron chi connectivity index (χ1n) is 7.70. The Balaban J connectivity index is 1.64. The highest BCUT2D eigenvalue weighted by Crippen LogP contribution is 2.23. The first-order valence-corrected chi connectivity index (χ1v) is 9.57. The van der Waals surface area contributed by atoms with Crippen LogP contribution < -0.4 is 9.46 Å². The van der Waals surface area contributed by atoms with E-state index in [2.05, 4.69) is 14.9 Å². The Hall–Kier alpha value is -2.42. The van der Waals surface area contributed by atoms with E-state index in [4.69, 9.17) is 20.8 Å². The molecule has 26 heavy (non-hydrogen) atoms. The van der Waals surface area contributed by atoms with Crippen LogP contribution in [0.15, 0.2) is 57.8 Å². The molecule has 0 radical (unpaired) electrons. The summed E-state index contributed by atoms with van der Waals surface area (Å²) < 4.78 is 37.7. The highest BCUT2D eigenvalue weighted by atomic mass is 35.5. The Morgan fingerprint density at radius 1 is 1.15 bits per heavy atom. The number of hydrogen-bond acceptors (Lipinski definition) is 6. The topological polar surface area (TPSA) is 94.3 Å². The maximum absolute atomic E-state index is 12.3. The molecule has 0 aliphatic heterocycles. The molecule has 1 N–H and O–H groups in total. The SMILES string of the molecule is COc1cccc(-c2nnc(CCNS(=O)(=O)c3ccccc3Cl)o2)c1. The van der Waals surface area contributed by atoms with Gasteiger partial charge in [0.1, 0.15) is 10.6 Å². The predicted molar refractivity (Wildman–Crippen MR) is 96.6 cm³/mol. The van der Waals surface area contributed by atoms with Gasteiger partial charge in [0, 0.05) is 18.5 Å². The van der Waals surface area contributed by atoms with Crippen LogP contribution in [0, 0.1) is 0 Å². The Labute approximate surface area is 156 Å². The Morgan fingerprint density at radius 2 is 1.96 bits per heavy atom. The third-order valence-electron chi connectivity index (χ3n) is 3.54. The number of ether oxygens (including phenoxy) is 1. The normalized spacial score (nSPS) is 11.5. The molecule has 0 atom stereocenters. The molecule has 0 saturated carbocycles. The summed E-state index contributed by atoms with van der Waals surface area (Å²) in [6.45, 7) is 0.104. The second-order valence-electron chi connectivity index (χ2n) is 5.31. The van der Waals surface area contributed by atoms with Crippen LogP contribution in [-0.4, -0.2) is 32.3 Å². The minimum absolute atomic E-state index is 0.0317. The summed E-state index contributed by atoms with van der Waals surface area (Å²) in [5.41, 5.74) is 0.722. The zero-order chi connectivity index (χ0) is 18.6. The number of hydrogen-bond donors (Lipinski definition) is 1. The van der Waals surface area contributed by atoms with Crippen LogP contribution in [0.5, 0.6) is 5.75 Å². The molecule has 1 heterocycles. The summed E-state index contributed by atoms with van der Waals surface area (Å²) in [5, 5.41) is 8.08. The van der Waals surface area contributed by atoms with E-state index in [-0.39, 0.29) is 22.9 Å². The predicted octanol–water partition coefficient (Wildman–Crippen LogP) is 2.92. The molecular formula is C17H16ClN3O4S.